The highest BCUT2D eigenvalue weighted by Crippen LogP contribution is 2.26. The average Bonchev–Trinajstić information content (AvgIpc) is 2.00. The Bertz CT molecular complexity index is 366. The van der Waals surface area contributed by atoms with Crippen LogP contribution in [0.4, 0.5) is 11.5 Å². The van der Waals surface area contributed by atoms with Crippen molar-refractivity contribution in [1.29, 1.82) is 0 Å². The van der Waals surface area contributed by atoms with E-state index >= 15 is 0 Å². The van der Waals surface area contributed by atoms with Gasteiger partial charge in [0.15, 0.2) is 0 Å². The fraction of sp³-hybridized carbons (Fsp3) is 0.333. The lowest BCUT2D eigenvalue weighted by Gasteiger charge is -2.40. The van der Waals surface area contributed by atoms with Gasteiger partial charge < -0.3 is 16.4 Å². The van der Waals surface area contributed by atoms with Gasteiger partial charge in [-0.25, -0.2) is 4.98 Å². The summed E-state index contributed by atoms with van der Waals surface area (Å²) < 4.78 is 0. The molecule has 0 radical (unpaired) electrons. The molecule has 2 rings (SSSR count). The first-order valence-electron chi connectivity index (χ1n) is 4.46. The van der Waals surface area contributed by atoms with Gasteiger partial charge in [-0.3, -0.25) is 4.79 Å². The molecule has 1 fully saturated rings. The van der Waals surface area contributed by atoms with Gasteiger partial charge in [0.05, 0.1) is 0 Å². The van der Waals surface area contributed by atoms with Crippen LogP contribution in [0.15, 0.2) is 18.3 Å². The van der Waals surface area contributed by atoms with Gasteiger partial charge in [0, 0.05) is 24.5 Å². The summed E-state index contributed by atoms with van der Waals surface area (Å²) in [5, 5.41) is 0. The molecule has 4 N–H and O–H groups in total. The number of nitrogens with two attached hydrogens (primary N) is 2. The van der Waals surface area contributed by atoms with Crippen LogP contribution in [0.5, 0.6) is 0 Å². The summed E-state index contributed by atoms with van der Waals surface area (Å²) in [5.41, 5.74) is 11.7. The van der Waals surface area contributed by atoms with Gasteiger partial charge in [-0.15, -0.1) is 0 Å². The fourth-order valence-electron chi connectivity index (χ4n) is 1.61. The van der Waals surface area contributed by atoms with Gasteiger partial charge in [0.2, 0.25) is 5.91 Å². The first kappa shape index (κ1) is 8.80. The van der Waals surface area contributed by atoms with Gasteiger partial charge in [0.1, 0.15) is 11.9 Å². The Morgan fingerprint density at radius 1 is 1.64 bits per heavy atom. The zero-order chi connectivity index (χ0) is 10.1. The Hall–Kier alpha value is -1.78. The quantitative estimate of drug-likeness (QED) is 0.675. The van der Waals surface area contributed by atoms with Crippen LogP contribution in [-0.4, -0.2) is 23.5 Å². The van der Waals surface area contributed by atoms with Crippen LogP contribution < -0.4 is 16.4 Å². The van der Waals surface area contributed by atoms with E-state index < -0.39 is 0 Å². The highest BCUT2D eigenvalue weighted by molar-refractivity contribution is 5.85. The zero-order valence-corrected chi connectivity index (χ0v) is 7.68. The third kappa shape index (κ3) is 1.37. The number of primary amides is 1. The van der Waals surface area contributed by atoms with Crippen molar-refractivity contribution in [3.05, 3.63) is 18.3 Å². The van der Waals surface area contributed by atoms with Crippen molar-refractivity contribution < 1.29 is 4.79 Å². The summed E-state index contributed by atoms with van der Waals surface area (Å²) in [7, 11) is 0. The summed E-state index contributed by atoms with van der Waals surface area (Å²) in [4.78, 5) is 16.8. The molecule has 1 aromatic rings. The standard InChI is InChI=1S/C9H12N4O/c10-8-5-6(1-3-12-8)13-4-2-7(13)9(11)14/h1,3,5,7H,2,4H2,(H2,10,12)(H2,11,14). The number of carbonyl (C=O) groups is 1. The lowest BCUT2D eigenvalue weighted by Crippen LogP contribution is -2.55. The molecule has 1 aliphatic rings. The molecule has 14 heavy (non-hydrogen) atoms. The number of nitrogen functional groups attached to an aromatic ring is 1. The molecule has 0 aromatic carbocycles. The predicted molar refractivity (Wildman–Crippen MR) is 53.6 cm³/mol. The van der Waals surface area contributed by atoms with Crippen molar-refractivity contribution in [1.82, 2.24) is 4.98 Å². The van der Waals surface area contributed by atoms with E-state index in [0.29, 0.717) is 5.82 Å². The molecule has 74 valence electrons. The fourth-order valence-corrected chi connectivity index (χ4v) is 1.61. The number of hydrogen-bond acceptors (Lipinski definition) is 4. The van der Waals surface area contributed by atoms with Crippen molar-refractivity contribution >= 4 is 17.4 Å². The van der Waals surface area contributed by atoms with Crippen molar-refractivity contribution in [2.45, 2.75) is 12.5 Å². The average molecular weight is 192 g/mol. The first-order chi connectivity index (χ1) is 6.68. The Morgan fingerprint density at radius 3 is 2.93 bits per heavy atom. The number of carbonyl (C=O) groups excluding carboxylic acids is 1. The van der Waals surface area contributed by atoms with E-state index in [1.807, 2.05) is 11.0 Å². The molecular formula is C9H12N4O. The van der Waals surface area contributed by atoms with Gasteiger partial charge in [0.25, 0.3) is 0 Å². The maximum absolute atomic E-state index is 11.0. The molecule has 0 aliphatic carbocycles. The summed E-state index contributed by atoms with van der Waals surface area (Å²) >= 11 is 0. The van der Waals surface area contributed by atoms with E-state index in [0.717, 1.165) is 18.7 Å². The van der Waals surface area contributed by atoms with E-state index in [-0.39, 0.29) is 11.9 Å². The molecule has 2 heterocycles. The van der Waals surface area contributed by atoms with Crippen LogP contribution in [0, 0.1) is 0 Å². The van der Waals surface area contributed by atoms with Gasteiger partial charge in [-0.2, -0.15) is 0 Å². The Morgan fingerprint density at radius 2 is 2.43 bits per heavy atom. The smallest absolute Gasteiger partial charge is 0.240 e. The largest absolute Gasteiger partial charge is 0.384 e. The Balaban J connectivity index is 2.20. The van der Waals surface area contributed by atoms with Crippen molar-refractivity contribution in [3.8, 4) is 0 Å². The normalized spacial score (nSPS) is 20.3. The van der Waals surface area contributed by atoms with Crippen molar-refractivity contribution in [2.75, 3.05) is 17.2 Å². The minimum atomic E-state index is -0.286. The summed E-state index contributed by atoms with van der Waals surface area (Å²) in [5.74, 6) is 0.171. The number of anilines is 2. The highest BCUT2D eigenvalue weighted by atomic mass is 16.1. The van der Waals surface area contributed by atoms with E-state index in [9.17, 15) is 4.79 Å². The van der Waals surface area contributed by atoms with E-state index in [2.05, 4.69) is 4.98 Å². The number of pyridine rings is 1. The third-order valence-electron chi connectivity index (χ3n) is 2.44. The molecule has 5 nitrogen and oxygen atoms in total. The maximum atomic E-state index is 11.0. The number of hydrogen-bond donors (Lipinski definition) is 2. The van der Waals surface area contributed by atoms with Crippen LogP contribution in [0.25, 0.3) is 0 Å². The Labute approximate surface area is 81.7 Å². The molecular weight excluding hydrogens is 180 g/mol. The zero-order valence-electron chi connectivity index (χ0n) is 7.68. The first-order valence-corrected chi connectivity index (χ1v) is 4.46. The topological polar surface area (TPSA) is 85.2 Å². The van der Waals surface area contributed by atoms with Crippen LogP contribution in [-0.2, 0) is 4.79 Å². The SMILES string of the molecule is NC(=O)C1CCN1c1ccnc(N)c1. The summed E-state index contributed by atoms with van der Waals surface area (Å²) in [6.07, 6.45) is 2.44. The second-order valence-corrected chi connectivity index (χ2v) is 3.34. The molecule has 0 bridgehead atoms. The number of rotatable bonds is 2. The van der Waals surface area contributed by atoms with Crippen LogP contribution >= 0.6 is 0 Å². The van der Waals surface area contributed by atoms with Gasteiger partial charge >= 0.3 is 0 Å². The van der Waals surface area contributed by atoms with E-state index in [1.54, 1.807) is 12.3 Å². The molecule has 1 aliphatic heterocycles. The molecule has 0 spiro atoms. The second kappa shape index (κ2) is 3.17. The van der Waals surface area contributed by atoms with Crippen molar-refractivity contribution in [3.63, 3.8) is 0 Å². The van der Waals surface area contributed by atoms with Gasteiger partial charge in [-0.05, 0) is 12.5 Å². The number of amides is 1. The van der Waals surface area contributed by atoms with Crippen LogP contribution in [0.2, 0.25) is 0 Å². The molecule has 1 unspecified atom stereocenters. The van der Waals surface area contributed by atoms with Crippen LogP contribution in [0.3, 0.4) is 0 Å². The molecule has 5 heteroatoms. The minimum absolute atomic E-state index is 0.184. The lowest BCUT2D eigenvalue weighted by molar-refractivity contribution is -0.120. The van der Waals surface area contributed by atoms with E-state index in [4.69, 9.17) is 11.5 Å². The monoisotopic (exact) mass is 192 g/mol. The van der Waals surface area contributed by atoms with Crippen LogP contribution in [0.1, 0.15) is 6.42 Å². The van der Waals surface area contributed by atoms with E-state index in [1.165, 1.54) is 0 Å². The minimum Gasteiger partial charge on any atom is -0.384 e. The molecule has 1 amide bonds. The van der Waals surface area contributed by atoms with Gasteiger partial charge in [-0.1, -0.05) is 0 Å². The lowest BCUT2D eigenvalue weighted by atomic mass is 10.0. The molecule has 1 aromatic heterocycles. The predicted octanol–water partition coefficient (Wildman–Crippen LogP) is -0.272. The Kier molecular flexibility index (Phi) is 1.99. The number of aromatic nitrogens is 1. The number of nitrogens with zero attached hydrogens (tertiary/aromatic N) is 2. The molecule has 1 saturated heterocycles. The maximum Gasteiger partial charge on any atom is 0.240 e. The molecule has 1 atom stereocenters. The second-order valence-electron chi connectivity index (χ2n) is 3.34. The van der Waals surface area contributed by atoms with Crippen molar-refractivity contribution in [2.24, 2.45) is 5.73 Å². The summed E-state index contributed by atoms with van der Waals surface area (Å²) in [6, 6.07) is 3.39. The molecule has 0 saturated carbocycles. The summed E-state index contributed by atoms with van der Waals surface area (Å²) in [6.45, 7) is 0.844. The third-order valence-corrected chi connectivity index (χ3v) is 2.44. The highest BCUT2D eigenvalue weighted by Gasteiger charge is 2.32.